The van der Waals surface area contributed by atoms with Crippen LogP contribution in [0.25, 0.3) is 0 Å². The minimum absolute atomic E-state index is 0.0472. The zero-order chi connectivity index (χ0) is 11.5. The van der Waals surface area contributed by atoms with E-state index in [0.29, 0.717) is 0 Å². The minimum atomic E-state index is -0.0472. The molecule has 2 rings (SSSR count). The molecule has 88 valence electrons. The molecule has 0 radical (unpaired) electrons. The van der Waals surface area contributed by atoms with E-state index < -0.39 is 0 Å². The Bertz CT molecular complexity index is 344. The summed E-state index contributed by atoms with van der Waals surface area (Å²) in [5.74, 6) is 0.722. The molecule has 1 aromatic carbocycles. The van der Waals surface area contributed by atoms with E-state index in [1.165, 1.54) is 18.4 Å². The molecule has 1 nitrogen and oxygen atoms in total. The normalized spacial score (nSPS) is 17.7. The molecule has 0 bridgehead atoms. The molecule has 0 spiro atoms. The van der Waals surface area contributed by atoms with Gasteiger partial charge in [-0.15, -0.1) is 0 Å². The summed E-state index contributed by atoms with van der Waals surface area (Å²) >= 11 is 0. The molecule has 2 heteroatoms. The van der Waals surface area contributed by atoms with Crippen LogP contribution in [0.1, 0.15) is 29.5 Å². The number of nitrogens with one attached hydrogen (secondary N) is 1. The Labute approximate surface area is 97.1 Å². The van der Waals surface area contributed by atoms with Gasteiger partial charge in [-0.3, -0.25) is 0 Å². The van der Waals surface area contributed by atoms with Crippen LogP contribution in [-0.2, 0) is 6.42 Å². The van der Waals surface area contributed by atoms with Gasteiger partial charge < -0.3 is 5.32 Å². The Morgan fingerprint density at radius 3 is 2.31 bits per heavy atom. The van der Waals surface area contributed by atoms with E-state index in [4.69, 9.17) is 0 Å². The summed E-state index contributed by atoms with van der Waals surface area (Å²) in [4.78, 5) is 0. The summed E-state index contributed by atoms with van der Waals surface area (Å²) in [6, 6.07) is 4.01. The van der Waals surface area contributed by atoms with Crippen molar-refractivity contribution in [2.75, 3.05) is 13.1 Å². The van der Waals surface area contributed by atoms with Gasteiger partial charge in [0.15, 0.2) is 0 Å². The lowest BCUT2D eigenvalue weighted by atomic mass is 9.90. The Morgan fingerprint density at radius 2 is 1.75 bits per heavy atom. The van der Waals surface area contributed by atoms with Crippen molar-refractivity contribution in [2.45, 2.75) is 33.1 Å². The first-order valence-corrected chi connectivity index (χ1v) is 6.13. The van der Waals surface area contributed by atoms with Crippen LogP contribution in [0.5, 0.6) is 0 Å². The van der Waals surface area contributed by atoms with Crippen molar-refractivity contribution in [3.05, 3.63) is 34.6 Å². The number of hydrogen-bond acceptors (Lipinski definition) is 1. The Hall–Kier alpha value is -0.890. The topological polar surface area (TPSA) is 12.0 Å². The molecule has 1 aromatic rings. The average Bonchev–Trinajstić information content (AvgIpc) is 2.27. The average molecular weight is 221 g/mol. The lowest BCUT2D eigenvalue weighted by Gasteiger charge is -2.23. The fraction of sp³-hybridized carbons (Fsp3) is 0.571. The van der Waals surface area contributed by atoms with Gasteiger partial charge in [0, 0.05) is 0 Å². The molecule has 0 unspecified atom stereocenters. The van der Waals surface area contributed by atoms with Gasteiger partial charge in [0.25, 0.3) is 0 Å². The number of rotatable bonds is 2. The predicted molar refractivity (Wildman–Crippen MR) is 65.2 cm³/mol. The maximum atomic E-state index is 13.5. The van der Waals surface area contributed by atoms with Crippen LogP contribution >= 0.6 is 0 Å². The molecule has 0 atom stereocenters. The van der Waals surface area contributed by atoms with E-state index in [1.807, 2.05) is 26.0 Å². The molecule has 1 aliphatic heterocycles. The van der Waals surface area contributed by atoms with Gasteiger partial charge in [0.1, 0.15) is 5.82 Å². The molecule has 1 heterocycles. The number of halogens is 1. The highest BCUT2D eigenvalue weighted by Gasteiger charge is 2.14. The lowest BCUT2D eigenvalue weighted by Crippen LogP contribution is -2.28. The fourth-order valence-electron chi connectivity index (χ4n) is 2.57. The minimum Gasteiger partial charge on any atom is -0.317 e. The Balaban J connectivity index is 2.09. The first kappa shape index (κ1) is 11.6. The summed E-state index contributed by atoms with van der Waals surface area (Å²) in [7, 11) is 0. The van der Waals surface area contributed by atoms with E-state index >= 15 is 0 Å². The lowest BCUT2D eigenvalue weighted by molar-refractivity contribution is 0.372. The van der Waals surface area contributed by atoms with E-state index in [1.54, 1.807) is 0 Å². The summed E-state index contributed by atoms with van der Waals surface area (Å²) in [5.41, 5.74) is 2.86. The number of aryl methyl sites for hydroxylation is 2. The third-order valence-electron chi connectivity index (χ3n) is 3.48. The van der Waals surface area contributed by atoms with Gasteiger partial charge >= 0.3 is 0 Å². The SMILES string of the molecule is Cc1cc(CC2CCNCC2)cc(C)c1F. The van der Waals surface area contributed by atoms with Gasteiger partial charge in [0.05, 0.1) is 0 Å². The van der Waals surface area contributed by atoms with Crippen LogP contribution in [0.15, 0.2) is 12.1 Å². The first-order valence-electron chi connectivity index (χ1n) is 6.13. The van der Waals surface area contributed by atoms with E-state index in [9.17, 15) is 4.39 Å². The van der Waals surface area contributed by atoms with Gasteiger partial charge in [-0.25, -0.2) is 4.39 Å². The second-order valence-corrected chi connectivity index (χ2v) is 4.94. The van der Waals surface area contributed by atoms with Crippen molar-refractivity contribution in [3.63, 3.8) is 0 Å². The summed E-state index contributed by atoms with van der Waals surface area (Å²) in [6.45, 7) is 5.97. The third-order valence-corrected chi connectivity index (χ3v) is 3.48. The summed E-state index contributed by atoms with van der Waals surface area (Å²) in [6.07, 6.45) is 3.59. The van der Waals surface area contributed by atoms with Gasteiger partial charge in [0.2, 0.25) is 0 Å². The monoisotopic (exact) mass is 221 g/mol. The molecule has 0 amide bonds. The molecule has 0 aliphatic carbocycles. The van der Waals surface area contributed by atoms with Crippen LogP contribution in [0.2, 0.25) is 0 Å². The Kier molecular flexibility index (Phi) is 3.59. The largest absolute Gasteiger partial charge is 0.317 e. The highest BCUT2D eigenvalue weighted by Crippen LogP contribution is 2.21. The van der Waals surface area contributed by atoms with Crippen molar-refractivity contribution in [3.8, 4) is 0 Å². The van der Waals surface area contributed by atoms with Crippen LogP contribution in [0.3, 0.4) is 0 Å². The molecule has 0 aromatic heterocycles. The standard InChI is InChI=1S/C14H20FN/c1-10-7-13(8-11(2)14(10)15)9-12-3-5-16-6-4-12/h7-8,12,16H,3-6,9H2,1-2H3. The molecule has 16 heavy (non-hydrogen) atoms. The molecule has 1 fully saturated rings. The second kappa shape index (κ2) is 4.96. The second-order valence-electron chi connectivity index (χ2n) is 4.94. The van der Waals surface area contributed by atoms with Crippen LogP contribution in [-0.4, -0.2) is 13.1 Å². The van der Waals surface area contributed by atoms with Crippen LogP contribution < -0.4 is 5.32 Å². The molecule has 1 N–H and O–H groups in total. The van der Waals surface area contributed by atoms with Crippen molar-refractivity contribution < 1.29 is 4.39 Å². The van der Waals surface area contributed by atoms with E-state index in [0.717, 1.165) is 36.6 Å². The van der Waals surface area contributed by atoms with Crippen molar-refractivity contribution in [1.29, 1.82) is 0 Å². The predicted octanol–water partition coefficient (Wildman–Crippen LogP) is 2.98. The zero-order valence-corrected chi connectivity index (χ0v) is 10.1. The third kappa shape index (κ3) is 2.62. The van der Waals surface area contributed by atoms with E-state index in [2.05, 4.69) is 5.32 Å². The smallest absolute Gasteiger partial charge is 0.129 e. The summed E-state index contributed by atoms with van der Waals surface area (Å²) in [5, 5.41) is 3.37. The highest BCUT2D eigenvalue weighted by molar-refractivity contribution is 5.30. The Morgan fingerprint density at radius 1 is 1.19 bits per heavy atom. The fourth-order valence-corrected chi connectivity index (χ4v) is 2.57. The van der Waals surface area contributed by atoms with Crippen molar-refractivity contribution in [1.82, 2.24) is 5.32 Å². The number of hydrogen-bond donors (Lipinski definition) is 1. The molecular formula is C14H20FN. The molecule has 1 saturated heterocycles. The van der Waals surface area contributed by atoms with Gasteiger partial charge in [-0.2, -0.15) is 0 Å². The zero-order valence-electron chi connectivity index (χ0n) is 10.1. The number of benzene rings is 1. The maximum absolute atomic E-state index is 13.5. The molecule has 1 aliphatic rings. The molecular weight excluding hydrogens is 201 g/mol. The van der Waals surface area contributed by atoms with Crippen LogP contribution in [0.4, 0.5) is 4.39 Å². The van der Waals surface area contributed by atoms with E-state index in [-0.39, 0.29) is 5.82 Å². The quantitative estimate of drug-likeness (QED) is 0.809. The highest BCUT2D eigenvalue weighted by atomic mass is 19.1. The number of piperidine rings is 1. The van der Waals surface area contributed by atoms with Gasteiger partial charge in [-0.1, -0.05) is 12.1 Å². The van der Waals surface area contributed by atoms with Crippen LogP contribution in [0, 0.1) is 25.6 Å². The molecule has 0 saturated carbocycles. The van der Waals surface area contributed by atoms with Crippen molar-refractivity contribution in [2.24, 2.45) is 5.92 Å². The maximum Gasteiger partial charge on any atom is 0.129 e. The van der Waals surface area contributed by atoms with Crippen molar-refractivity contribution >= 4 is 0 Å². The van der Waals surface area contributed by atoms with Gasteiger partial charge in [-0.05, 0) is 68.8 Å². The first-order chi connectivity index (χ1) is 7.66. The summed E-state index contributed by atoms with van der Waals surface area (Å²) < 4.78 is 13.5.